The number of likely N-dealkylation sites (N-methyl/N-ethyl adjacent to an activating group) is 1. The van der Waals surface area contributed by atoms with Gasteiger partial charge in [0.1, 0.15) is 0 Å². The van der Waals surface area contributed by atoms with E-state index in [-0.39, 0.29) is 5.91 Å². The second-order valence-electron chi connectivity index (χ2n) is 7.03. The molecule has 5 heteroatoms. The van der Waals surface area contributed by atoms with E-state index in [9.17, 15) is 4.79 Å². The molecule has 1 fully saturated rings. The Hall–Kier alpha value is -2.37. The molecular weight excluding hydrogens is 354 g/mol. The average Bonchev–Trinajstić information content (AvgIpc) is 3.13. The van der Waals surface area contributed by atoms with Crippen molar-refractivity contribution in [2.45, 2.75) is 13.8 Å². The minimum absolute atomic E-state index is 0.0417. The van der Waals surface area contributed by atoms with Crippen LogP contribution in [0, 0.1) is 6.92 Å². The molecule has 1 aromatic heterocycles. The van der Waals surface area contributed by atoms with Crippen molar-refractivity contribution in [1.82, 2.24) is 4.90 Å². The van der Waals surface area contributed by atoms with Crippen LogP contribution in [0.1, 0.15) is 22.2 Å². The minimum atomic E-state index is -0.0417. The van der Waals surface area contributed by atoms with Gasteiger partial charge in [-0.25, -0.2) is 0 Å². The number of hydrogen-bond donors (Lipinski definition) is 1. The van der Waals surface area contributed by atoms with Gasteiger partial charge in [-0.2, -0.15) is 0 Å². The van der Waals surface area contributed by atoms with Crippen LogP contribution in [0.2, 0.25) is 0 Å². The molecule has 1 amide bonds. The molecule has 0 aliphatic carbocycles. The molecule has 3 aromatic rings. The molecule has 1 saturated heterocycles. The van der Waals surface area contributed by atoms with E-state index >= 15 is 0 Å². The monoisotopic (exact) mass is 379 g/mol. The number of nitrogens with zero attached hydrogens (tertiary/aromatic N) is 2. The molecule has 0 saturated carbocycles. The molecule has 1 aliphatic heterocycles. The summed E-state index contributed by atoms with van der Waals surface area (Å²) < 4.78 is 1.14. The number of nitrogens with one attached hydrogen (secondary N) is 1. The third kappa shape index (κ3) is 3.84. The van der Waals surface area contributed by atoms with Crippen molar-refractivity contribution in [3.63, 3.8) is 0 Å². The van der Waals surface area contributed by atoms with Crippen LogP contribution in [0.5, 0.6) is 0 Å². The fraction of sp³-hybridized carbons (Fsp3) is 0.318. The molecule has 2 heterocycles. The number of anilines is 2. The smallest absolute Gasteiger partial charge is 0.265 e. The maximum absolute atomic E-state index is 12.6. The second-order valence-corrected chi connectivity index (χ2v) is 8.11. The molecule has 4 nitrogen and oxygen atoms in total. The van der Waals surface area contributed by atoms with Crippen LogP contribution in [0.25, 0.3) is 10.1 Å². The summed E-state index contributed by atoms with van der Waals surface area (Å²) >= 11 is 1.53. The highest BCUT2D eigenvalue weighted by molar-refractivity contribution is 7.20. The lowest BCUT2D eigenvalue weighted by molar-refractivity contribution is 0.103. The van der Waals surface area contributed by atoms with Gasteiger partial charge in [0, 0.05) is 42.3 Å². The highest BCUT2D eigenvalue weighted by Gasteiger charge is 2.18. The molecule has 1 aliphatic rings. The number of thiophene rings is 1. The molecular formula is C22H25N3OS. The Labute approximate surface area is 164 Å². The molecule has 4 rings (SSSR count). The minimum Gasteiger partial charge on any atom is -0.369 e. The topological polar surface area (TPSA) is 35.6 Å². The van der Waals surface area contributed by atoms with Crippen molar-refractivity contribution in [3.8, 4) is 0 Å². The predicted molar refractivity (Wildman–Crippen MR) is 115 cm³/mol. The van der Waals surface area contributed by atoms with Crippen molar-refractivity contribution >= 4 is 38.7 Å². The van der Waals surface area contributed by atoms with Crippen LogP contribution in [0.3, 0.4) is 0 Å². The maximum Gasteiger partial charge on any atom is 0.265 e. The first-order valence-electron chi connectivity index (χ1n) is 9.52. The van der Waals surface area contributed by atoms with Gasteiger partial charge in [-0.05, 0) is 54.8 Å². The number of aryl methyl sites for hydroxylation is 1. The van der Waals surface area contributed by atoms with Crippen LogP contribution in [0.4, 0.5) is 11.4 Å². The van der Waals surface area contributed by atoms with E-state index in [4.69, 9.17) is 0 Å². The Morgan fingerprint density at radius 2 is 1.85 bits per heavy atom. The average molecular weight is 380 g/mol. The van der Waals surface area contributed by atoms with E-state index in [0.717, 1.165) is 53.4 Å². The van der Waals surface area contributed by atoms with Gasteiger partial charge in [-0.15, -0.1) is 11.3 Å². The highest BCUT2D eigenvalue weighted by Crippen LogP contribution is 2.28. The van der Waals surface area contributed by atoms with Crippen LogP contribution >= 0.6 is 11.3 Å². The lowest BCUT2D eigenvalue weighted by Crippen LogP contribution is -2.46. The summed E-state index contributed by atoms with van der Waals surface area (Å²) in [6.07, 6.45) is 0. The van der Waals surface area contributed by atoms with E-state index in [1.807, 2.05) is 36.4 Å². The Morgan fingerprint density at radius 3 is 2.56 bits per heavy atom. The summed E-state index contributed by atoms with van der Waals surface area (Å²) in [4.78, 5) is 18.3. The molecule has 0 unspecified atom stereocenters. The van der Waals surface area contributed by atoms with E-state index < -0.39 is 0 Å². The number of rotatable bonds is 4. The van der Waals surface area contributed by atoms with Gasteiger partial charge < -0.3 is 15.1 Å². The maximum atomic E-state index is 12.6. The molecule has 140 valence electrons. The second kappa shape index (κ2) is 7.71. The van der Waals surface area contributed by atoms with Crippen molar-refractivity contribution in [2.75, 3.05) is 42.9 Å². The summed E-state index contributed by atoms with van der Waals surface area (Å²) in [5.74, 6) is -0.0417. The Morgan fingerprint density at radius 1 is 1.07 bits per heavy atom. The first kappa shape index (κ1) is 18.0. The zero-order valence-corrected chi connectivity index (χ0v) is 16.7. The quantitative estimate of drug-likeness (QED) is 0.719. The van der Waals surface area contributed by atoms with E-state index in [1.165, 1.54) is 22.6 Å². The van der Waals surface area contributed by atoms with Crippen LogP contribution in [0.15, 0.2) is 48.5 Å². The van der Waals surface area contributed by atoms with Crippen LogP contribution in [-0.2, 0) is 0 Å². The first-order chi connectivity index (χ1) is 13.1. The van der Waals surface area contributed by atoms with Crippen molar-refractivity contribution < 1.29 is 4.79 Å². The summed E-state index contributed by atoms with van der Waals surface area (Å²) in [7, 11) is 0. The van der Waals surface area contributed by atoms with Gasteiger partial charge in [0.05, 0.1) is 4.88 Å². The third-order valence-corrected chi connectivity index (χ3v) is 6.38. The zero-order valence-electron chi connectivity index (χ0n) is 15.9. The molecule has 0 spiro atoms. The normalized spacial score (nSPS) is 15.3. The van der Waals surface area contributed by atoms with E-state index in [0.29, 0.717) is 0 Å². The molecule has 1 N–H and O–H groups in total. The fourth-order valence-electron chi connectivity index (χ4n) is 3.68. The van der Waals surface area contributed by atoms with Crippen LogP contribution in [-0.4, -0.2) is 43.5 Å². The van der Waals surface area contributed by atoms with Crippen molar-refractivity contribution in [3.05, 3.63) is 59.0 Å². The van der Waals surface area contributed by atoms with Gasteiger partial charge in [-0.1, -0.05) is 25.1 Å². The lowest BCUT2D eigenvalue weighted by atomic mass is 10.1. The van der Waals surface area contributed by atoms with Gasteiger partial charge >= 0.3 is 0 Å². The highest BCUT2D eigenvalue weighted by atomic mass is 32.1. The van der Waals surface area contributed by atoms with Crippen molar-refractivity contribution in [2.24, 2.45) is 0 Å². The van der Waals surface area contributed by atoms with Crippen LogP contribution < -0.4 is 10.2 Å². The van der Waals surface area contributed by atoms with Gasteiger partial charge in [0.25, 0.3) is 5.91 Å². The van der Waals surface area contributed by atoms with Gasteiger partial charge in [0.2, 0.25) is 0 Å². The van der Waals surface area contributed by atoms with E-state index in [1.54, 1.807) is 0 Å². The first-order valence-corrected chi connectivity index (χ1v) is 10.3. The number of carbonyl (C=O) groups excluding carboxylic acids is 1. The Kier molecular flexibility index (Phi) is 5.14. The Balaban J connectivity index is 1.46. The summed E-state index contributed by atoms with van der Waals surface area (Å²) in [5.41, 5.74) is 3.32. The van der Waals surface area contributed by atoms with Gasteiger partial charge in [-0.3, -0.25) is 4.79 Å². The largest absolute Gasteiger partial charge is 0.369 e. The number of piperazine rings is 1. The lowest BCUT2D eigenvalue weighted by Gasteiger charge is -2.36. The van der Waals surface area contributed by atoms with Gasteiger partial charge in [0.15, 0.2) is 0 Å². The number of carbonyl (C=O) groups is 1. The third-order valence-electron chi connectivity index (χ3n) is 5.26. The van der Waals surface area contributed by atoms with Crippen molar-refractivity contribution in [1.29, 1.82) is 0 Å². The van der Waals surface area contributed by atoms with E-state index in [2.05, 4.69) is 41.1 Å². The summed E-state index contributed by atoms with van der Waals surface area (Å²) in [6.45, 7) is 9.80. The molecule has 0 radical (unpaired) electrons. The number of benzene rings is 2. The number of hydrogen-bond acceptors (Lipinski definition) is 4. The summed E-state index contributed by atoms with van der Waals surface area (Å²) in [5, 5.41) is 4.17. The zero-order chi connectivity index (χ0) is 18.8. The Bertz CT molecular complexity index is 924. The number of fused-ring (bicyclic) bond motifs is 1. The standard InChI is InChI=1S/C22H25N3OS/c1-3-24-10-12-25(13-11-24)19-9-8-18(14-16(19)2)23-22(26)21-15-17-6-4-5-7-20(17)27-21/h4-9,14-15H,3,10-13H2,1-2H3,(H,23,26). The molecule has 2 aromatic carbocycles. The predicted octanol–water partition coefficient (Wildman–Crippen LogP) is 4.60. The molecule has 0 atom stereocenters. The molecule has 0 bridgehead atoms. The fourth-order valence-corrected chi connectivity index (χ4v) is 4.64. The summed E-state index contributed by atoms with van der Waals surface area (Å²) in [6, 6.07) is 16.3. The number of amides is 1. The SMILES string of the molecule is CCN1CCN(c2ccc(NC(=O)c3cc4ccccc4s3)cc2C)CC1. The molecule has 27 heavy (non-hydrogen) atoms.